The number of ether oxygens (including phenoxy) is 1. The molecular formula is C31H36ClN3O5S. The van der Waals surface area contributed by atoms with Crippen molar-refractivity contribution in [2.75, 3.05) is 18.0 Å². The molecule has 1 saturated carbocycles. The van der Waals surface area contributed by atoms with Gasteiger partial charge in [-0.1, -0.05) is 72.5 Å². The lowest BCUT2D eigenvalue weighted by Crippen LogP contribution is -2.52. The highest BCUT2D eigenvalue weighted by molar-refractivity contribution is 7.92. The van der Waals surface area contributed by atoms with Gasteiger partial charge < -0.3 is 15.0 Å². The van der Waals surface area contributed by atoms with Gasteiger partial charge >= 0.3 is 0 Å². The van der Waals surface area contributed by atoms with E-state index in [2.05, 4.69) is 5.32 Å². The first-order valence-electron chi connectivity index (χ1n) is 13.7. The second kappa shape index (κ2) is 13.4. The average molecular weight is 598 g/mol. The Labute approximate surface area is 247 Å². The van der Waals surface area contributed by atoms with Crippen LogP contribution in [0.15, 0.2) is 77.7 Å². The topological polar surface area (TPSA) is 96.0 Å². The number of carbonyl (C=O) groups is 2. The summed E-state index contributed by atoms with van der Waals surface area (Å²) in [6, 6.07) is 19.4. The third-order valence-electron chi connectivity index (χ3n) is 7.34. The zero-order chi connectivity index (χ0) is 29.6. The van der Waals surface area contributed by atoms with Crippen molar-refractivity contribution in [3.8, 4) is 5.75 Å². The Morgan fingerprint density at radius 1 is 1.02 bits per heavy atom. The van der Waals surface area contributed by atoms with Gasteiger partial charge in [0.1, 0.15) is 18.3 Å². The summed E-state index contributed by atoms with van der Waals surface area (Å²) in [6.07, 6.45) is 3.93. The van der Waals surface area contributed by atoms with Crippen LogP contribution in [0.25, 0.3) is 0 Å². The molecule has 3 aromatic carbocycles. The number of methoxy groups -OCH3 is 1. The fourth-order valence-electron chi connectivity index (χ4n) is 5.04. The molecule has 0 aliphatic heterocycles. The number of halogens is 1. The SMILES string of the molecule is COc1ccc(N(CC(=O)N(Cc2cccc(C)c2)[C@H](C)C(=O)NC2CCCC2)S(=O)(=O)c2ccccc2)cc1Cl. The van der Waals surface area contributed by atoms with Gasteiger partial charge in [-0.05, 0) is 62.6 Å². The smallest absolute Gasteiger partial charge is 0.264 e. The molecule has 8 nitrogen and oxygen atoms in total. The lowest BCUT2D eigenvalue weighted by atomic mass is 10.1. The molecule has 3 aromatic rings. The molecular weight excluding hydrogens is 562 g/mol. The lowest BCUT2D eigenvalue weighted by Gasteiger charge is -2.32. The van der Waals surface area contributed by atoms with Crippen LogP contribution in [0.5, 0.6) is 5.75 Å². The molecule has 0 bridgehead atoms. The van der Waals surface area contributed by atoms with Crippen molar-refractivity contribution in [3.63, 3.8) is 0 Å². The van der Waals surface area contributed by atoms with Gasteiger partial charge in [-0.15, -0.1) is 0 Å². The molecule has 0 spiro atoms. The van der Waals surface area contributed by atoms with E-state index in [1.54, 1.807) is 37.3 Å². The quantitative estimate of drug-likeness (QED) is 0.322. The van der Waals surface area contributed by atoms with Crippen molar-refractivity contribution in [1.82, 2.24) is 10.2 Å². The largest absolute Gasteiger partial charge is 0.495 e. The van der Waals surface area contributed by atoms with Crippen molar-refractivity contribution in [3.05, 3.63) is 88.9 Å². The molecule has 0 aromatic heterocycles. The van der Waals surface area contributed by atoms with Gasteiger partial charge in [-0.2, -0.15) is 0 Å². The Kier molecular flexibility index (Phi) is 9.94. The molecule has 1 aliphatic carbocycles. The summed E-state index contributed by atoms with van der Waals surface area (Å²) < 4.78 is 34.1. The zero-order valence-electron chi connectivity index (χ0n) is 23.5. The van der Waals surface area contributed by atoms with Crippen LogP contribution in [-0.4, -0.2) is 50.9 Å². The van der Waals surface area contributed by atoms with Gasteiger partial charge in [0.25, 0.3) is 10.0 Å². The average Bonchev–Trinajstić information content (AvgIpc) is 3.47. The number of aryl methyl sites for hydroxylation is 1. The highest BCUT2D eigenvalue weighted by Crippen LogP contribution is 2.32. The van der Waals surface area contributed by atoms with Crippen LogP contribution in [-0.2, 0) is 26.2 Å². The Balaban J connectivity index is 1.70. The highest BCUT2D eigenvalue weighted by atomic mass is 35.5. The van der Waals surface area contributed by atoms with E-state index in [4.69, 9.17) is 16.3 Å². The number of rotatable bonds is 11. The summed E-state index contributed by atoms with van der Waals surface area (Å²) >= 11 is 6.37. The summed E-state index contributed by atoms with van der Waals surface area (Å²) in [5.74, 6) is -0.410. The molecule has 0 unspecified atom stereocenters. The number of hydrogen-bond acceptors (Lipinski definition) is 5. The number of anilines is 1. The van der Waals surface area contributed by atoms with E-state index in [1.807, 2.05) is 31.2 Å². The Morgan fingerprint density at radius 3 is 2.37 bits per heavy atom. The fourth-order valence-corrected chi connectivity index (χ4v) is 6.72. The first-order valence-corrected chi connectivity index (χ1v) is 15.5. The van der Waals surface area contributed by atoms with Gasteiger partial charge in [-0.3, -0.25) is 13.9 Å². The summed E-state index contributed by atoms with van der Waals surface area (Å²) in [5, 5.41) is 3.28. The predicted octanol–water partition coefficient (Wildman–Crippen LogP) is 5.33. The van der Waals surface area contributed by atoms with Gasteiger partial charge in [0.05, 0.1) is 22.7 Å². The predicted molar refractivity (Wildman–Crippen MR) is 161 cm³/mol. The summed E-state index contributed by atoms with van der Waals surface area (Å²) in [6.45, 7) is 3.24. The number of nitrogens with one attached hydrogen (secondary N) is 1. The number of sulfonamides is 1. The third kappa shape index (κ3) is 7.40. The fraction of sp³-hybridized carbons (Fsp3) is 0.355. The van der Waals surface area contributed by atoms with Crippen LogP contribution in [0.1, 0.15) is 43.7 Å². The maximum Gasteiger partial charge on any atom is 0.264 e. The van der Waals surface area contributed by atoms with Crippen molar-refractivity contribution in [1.29, 1.82) is 0 Å². The van der Waals surface area contributed by atoms with Crippen LogP contribution < -0.4 is 14.4 Å². The van der Waals surface area contributed by atoms with Crippen molar-refractivity contribution in [2.24, 2.45) is 0 Å². The van der Waals surface area contributed by atoms with E-state index >= 15 is 0 Å². The Morgan fingerprint density at radius 2 is 1.73 bits per heavy atom. The van der Waals surface area contributed by atoms with E-state index in [9.17, 15) is 18.0 Å². The molecule has 0 heterocycles. The second-order valence-electron chi connectivity index (χ2n) is 10.3. The summed E-state index contributed by atoms with van der Waals surface area (Å²) in [7, 11) is -2.71. The van der Waals surface area contributed by atoms with Gasteiger partial charge in [0.15, 0.2) is 0 Å². The van der Waals surface area contributed by atoms with Crippen LogP contribution in [0, 0.1) is 6.92 Å². The number of carbonyl (C=O) groups excluding carboxylic acids is 2. The van der Waals surface area contributed by atoms with Crippen LogP contribution in [0.2, 0.25) is 5.02 Å². The molecule has 41 heavy (non-hydrogen) atoms. The number of nitrogens with zero attached hydrogens (tertiary/aromatic N) is 2. The van der Waals surface area contributed by atoms with Crippen molar-refractivity contribution in [2.45, 2.75) is 63.1 Å². The monoisotopic (exact) mass is 597 g/mol. The minimum absolute atomic E-state index is 0.0250. The molecule has 10 heteroatoms. The Hall–Kier alpha value is -3.56. The molecule has 0 radical (unpaired) electrons. The number of benzene rings is 3. The van der Waals surface area contributed by atoms with Crippen molar-refractivity contribution >= 4 is 39.1 Å². The highest BCUT2D eigenvalue weighted by Gasteiger charge is 2.33. The number of amides is 2. The molecule has 0 saturated heterocycles. The van der Waals surface area contributed by atoms with Crippen molar-refractivity contribution < 1.29 is 22.7 Å². The van der Waals surface area contributed by atoms with Crippen LogP contribution >= 0.6 is 11.6 Å². The minimum Gasteiger partial charge on any atom is -0.495 e. The van der Waals surface area contributed by atoms with E-state index in [-0.39, 0.29) is 34.1 Å². The minimum atomic E-state index is -4.18. The van der Waals surface area contributed by atoms with Gasteiger partial charge in [0, 0.05) is 12.6 Å². The van der Waals surface area contributed by atoms with E-state index in [0.29, 0.717) is 5.75 Å². The van der Waals surface area contributed by atoms with E-state index in [1.165, 1.54) is 30.2 Å². The molecule has 218 valence electrons. The van der Waals surface area contributed by atoms with Gasteiger partial charge in [0.2, 0.25) is 11.8 Å². The van der Waals surface area contributed by atoms with Crippen LogP contribution in [0.4, 0.5) is 5.69 Å². The number of hydrogen-bond donors (Lipinski definition) is 1. The summed E-state index contributed by atoms with van der Waals surface area (Å²) in [4.78, 5) is 28.9. The summed E-state index contributed by atoms with van der Waals surface area (Å²) in [5.41, 5.74) is 2.05. The Bertz CT molecular complexity index is 1480. The zero-order valence-corrected chi connectivity index (χ0v) is 25.1. The maximum absolute atomic E-state index is 14.1. The second-order valence-corrected chi connectivity index (χ2v) is 12.6. The molecule has 1 atom stereocenters. The third-order valence-corrected chi connectivity index (χ3v) is 9.42. The maximum atomic E-state index is 14.1. The molecule has 1 fully saturated rings. The normalized spacial score (nSPS) is 14.3. The molecule has 4 rings (SSSR count). The molecule has 1 N–H and O–H groups in total. The lowest BCUT2D eigenvalue weighted by molar-refractivity contribution is -0.139. The van der Waals surface area contributed by atoms with Gasteiger partial charge in [-0.25, -0.2) is 8.42 Å². The molecule has 2 amide bonds. The molecule has 1 aliphatic rings. The first-order chi connectivity index (χ1) is 19.6. The van der Waals surface area contributed by atoms with Crippen LogP contribution in [0.3, 0.4) is 0 Å². The van der Waals surface area contributed by atoms with E-state index < -0.39 is 28.5 Å². The van der Waals surface area contributed by atoms with E-state index in [0.717, 1.165) is 41.1 Å². The standard InChI is InChI=1S/C31H36ClN3O5S/c1-22-10-9-11-24(18-22)20-34(23(2)31(37)33-25-12-7-8-13-25)30(36)21-35(26-16-17-29(40-3)28(32)19-26)41(38,39)27-14-5-4-6-15-27/h4-6,9-11,14-19,23,25H,7-8,12-13,20-21H2,1-3H3,(H,33,37)/t23-/m1/s1. The first kappa shape index (κ1) is 30.4.